The van der Waals surface area contributed by atoms with Crippen LogP contribution in [-0.2, 0) is 4.74 Å². The van der Waals surface area contributed by atoms with Crippen molar-refractivity contribution in [2.24, 2.45) is 0 Å². The summed E-state index contributed by atoms with van der Waals surface area (Å²) in [6.45, 7) is 1.61. The van der Waals surface area contributed by atoms with E-state index in [0.717, 1.165) is 18.9 Å². The van der Waals surface area contributed by atoms with Crippen LogP contribution in [0, 0.1) is 15.9 Å². The first-order valence-electron chi connectivity index (χ1n) is 6.52. The lowest BCUT2D eigenvalue weighted by Crippen LogP contribution is -2.37. The highest BCUT2D eigenvalue weighted by Gasteiger charge is 2.21. The SMILES string of the molecule is O=[N+]([O-])c1cc(F)cc(N2CCC(OCCO)CC2)c1. The molecule has 0 aromatic heterocycles. The van der Waals surface area contributed by atoms with E-state index in [9.17, 15) is 14.5 Å². The van der Waals surface area contributed by atoms with Crippen molar-refractivity contribution in [3.05, 3.63) is 34.1 Å². The first-order chi connectivity index (χ1) is 9.60. The molecule has 1 aliphatic heterocycles. The Labute approximate surface area is 115 Å². The van der Waals surface area contributed by atoms with Crippen LogP contribution in [0.1, 0.15) is 12.8 Å². The third-order valence-electron chi connectivity index (χ3n) is 3.33. The van der Waals surface area contributed by atoms with E-state index < -0.39 is 10.7 Å². The number of nitro groups is 1. The number of benzene rings is 1. The van der Waals surface area contributed by atoms with Gasteiger partial charge in [-0.05, 0) is 18.9 Å². The number of piperidine rings is 1. The van der Waals surface area contributed by atoms with Gasteiger partial charge >= 0.3 is 0 Å². The van der Waals surface area contributed by atoms with Gasteiger partial charge in [0.05, 0.1) is 30.3 Å². The van der Waals surface area contributed by atoms with Gasteiger partial charge in [-0.1, -0.05) is 0 Å². The van der Waals surface area contributed by atoms with Crippen LogP contribution in [0.2, 0.25) is 0 Å². The van der Waals surface area contributed by atoms with Crippen LogP contribution in [0.4, 0.5) is 15.8 Å². The molecule has 1 fully saturated rings. The van der Waals surface area contributed by atoms with Crippen molar-refractivity contribution in [2.45, 2.75) is 18.9 Å². The summed E-state index contributed by atoms with van der Waals surface area (Å²) < 4.78 is 18.8. The third-order valence-corrected chi connectivity index (χ3v) is 3.33. The summed E-state index contributed by atoms with van der Waals surface area (Å²) in [6.07, 6.45) is 1.59. The average Bonchev–Trinajstić information content (AvgIpc) is 2.45. The molecule has 1 N–H and O–H groups in total. The van der Waals surface area contributed by atoms with Crippen molar-refractivity contribution in [1.82, 2.24) is 0 Å². The molecule has 0 amide bonds. The zero-order chi connectivity index (χ0) is 14.5. The molecule has 1 saturated heterocycles. The van der Waals surface area contributed by atoms with E-state index in [2.05, 4.69) is 0 Å². The number of rotatable bonds is 5. The Bertz CT molecular complexity index is 475. The van der Waals surface area contributed by atoms with E-state index in [0.29, 0.717) is 25.4 Å². The van der Waals surface area contributed by atoms with Gasteiger partial charge in [0.1, 0.15) is 5.82 Å². The minimum Gasteiger partial charge on any atom is -0.394 e. The molecule has 1 aromatic rings. The lowest BCUT2D eigenvalue weighted by atomic mass is 10.1. The standard InChI is InChI=1S/C13H17FN2O4/c14-10-7-11(9-12(8-10)16(18)19)15-3-1-13(2-4-15)20-6-5-17/h7-9,13,17H,1-6H2. The Morgan fingerprint density at radius 2 is 2.10 bits per heavy atom. The van der Waals surface area contributed by atoms with Crippen LogP contribution in [0.25, 0.3) is 0 Å². The summed E-state index contributed by atoms with van der Waals surface area (Å²) in [5.74, 6) is -0.604. The summed E-state index contributed by atoms with van der Waals surface area (Å²) in [7, 11) is 0. The summed E-state index contributed by atoms with van der Waals surface area (Å²) in [4.78, 5) is 12.1. The highest BCUT2D eigenvalue weighted by molar-refractivity contribution is 5.53. The first kappa shape index (κ1) is 14.7. The number of ether oxygens (including phenoxy) is 1. The van der Waals surface area contributed by atoms with Gasteiger partial charge in [-0.15, -0.1) is 0 Å². The molecular formula is C13H17FN2O4. The molecule has 0 saturated carbocycles. The molecule has 2 rings (SSSR count). The van der Waals surface area contributed by atoms with Gasteiger partial charge in [-0.3, -0.25) is 10.1 Å². The lowest BCUT2D eigenvalue weighted by molar-refractivity contribution is -0.385. The summed E-state index contributed by atoms with van der Waals surface area (Å²) in [6, 6.07) is 3.61. The Balaban J connectivity index is 2.01. The van der Waals surface area contributed by atoms with Gasteiger partial charge in [-0.2, -0.15) is 0 Å². The monoisotopic (exact) mass is 284 g/mol. The second-order valence-electron chi connectivity index (χ2n) is 4.71. The Morgan fingerprint density at radius 1 is 1.40 bits per heavy atom. The molecular weight excluding hydrogens is 267 g/mol. The van der Waals surface area contributed by atoms with E-state index in [4.69, 9.17) is 9.84 Å². The fourth-order valence-corrected chi connectivity index (χ4v) is 2.35. The molecule has 0 aliphatic carbocycles. The molecule has 0 unspecified atom stereocenters. The molecule has 7 heteroatoms. The Hall–Kier alpha value is -1.73. The molecule has 0 bridgehead atoms. The van der Waals surface area contributed by atoms with Gasteiger partial charge < -0.3 is 14.7 Å². The van der Waals surface area contributed by atoms with Gasteiger partial charge in [0.15, 0.2) is 0 Å². The van der Waals surface area contributed by atoms with Gasteiger partial charge in [-0.25, -0.2) is 4.39 Å². The number of halogens is 1. The average molecular weight is 284 g/mol. The summed E-state index contributed by atoms with van der Waals surface area (Å²) in [5.41, 5.74) is 0.288. The van der Waals surface area contributed by atoms with Crippen LogP contribution in [-0.4, -0.2) is 42.4 Å². The molecule has 20 heavy (non-hydrogen) atoms. The number of hydrogen-bond donors (Lipinski definition) is 1. The second kappa shape index (κ2) is 6.62. The van der Waals surface area contributed by atoms with Crippen molar-refractivity contribution in [2.75, 3.05) is 31.2 Å². The smallest absolute Gasteiger partial charge is 0.274 e. The fourth-order valence-electron chi connectivity index (χ4n) is 2.35. The zero-order valence-corrected chi connectivity index (χ0v) is 11.0. The van der Waals surface area contributed by atoms with E-state index in [1.165, 1.54) is 12.1 Å². The first-order valence-corrected chi connectivity index (χ1v) is 6.52. The third kappa shape index (κ3) is 3.64. The van der Waals surface area contributed by atoms with Crippen molar-refractivity contribution in [3.63, 3.8) is 0 Å². The maximum Gasteiger partial charge on any atom is 0.274 e. The van der Waals surface area contributed by atoms with Crippen LogP contribution in [0.15, 0.2) is 18.2 Å². The minimum absolute atomic E-state index is 0.00367. The van der Waals surface area contributed by atoms with Crippen molar-refractivity contribution < 1.29 is 19.2 Å². The van der Waals surface area contributed by atoms with Gasteiger partial charge in [0, 0.05) is 24.8 Å². The molecule has 1 aliphatic rings. The van der Waals surface area contributed by atoms with Gasteiger partial charge in [0.2, 0.25) is 0 Å². The number of nitro benzene ring substituents is 1. The Morgan fingerprint density at radius 3 is 2.70 bits per heavy atom. The minimum atomic E-state index is -0.604. The van der Waals surface area contributed by atoms with Crippen molar-refractivity contribution in [3.8, 4) is 0 Å². The highest BCUT2D eigenvalue weighted by Crippen LogP contribution is 2.26. The van der Waals surface area contributed by atoms with E-state index in [1.54, 1.807) is 0 Å². The molecule has 1 heterocycles. The molecule has 6 nitrogen and oxygen atoms in total. The van der Waals surface area contributed by atoms with Gasteiger partial charge in [0.25, 0.3) is 5.69 Å². The van der Waals surface area contributed by atoms with Crippen LogP contribution in [0.5, 0.6) is 0 Å². The molecule has 110 valence electrons. The number of hydrogen-bond acceptors (Lipinski definition) is 5. The number of aliphatic hydroxyl groups is 1. The second-order valence-corrected chi connectivity index (χ2v) is 4.71. The number of nitrogens with zero attached hydrogens (tertiary/aromatic N) is 2. The van der Waals surface area contributed by atoms with E-state index in [1.807, 2.05) is 4.90 Å². The quantitative estimate of drug-likeness (QED) is 0.658. The lowest BCUT2D eigenvalue weighted by Gasteiger charge is -2.33. The highest BCUT2D eigenvalue weighted by atomic mass is 19.1. The normalized spacial score (nSPS) is 16.4. The maximum atomic E-state index is 13.4. The molecule has 0 radical (unpaired) electrons. The molecule has 0 spiro atoms. The maximum absolute atomic E-state index is 13.4. The fraction of sp³-hybridized carbons (Fsp3) is 0.538. The van der Waals surface area contributed by atoms with Crippen molar-refractivity contribution in [1.29, 1.82) is 0 Å². The van der Waals surface area contributed by atoms with Crippen LogP contribution < -0.4 is 4.90 Å². The Kier molecular flexibility index (Phi) is 4.86. The largest absolute Gasteiger partial charge is 0.394 e. The van der Waals surface area contributed by atoms with Crippen LogP contribution >= 0.6 is 0 Å². The number of non-ortho nitro benzene ring substituents is 1. The number of aliphatic hydroxyl groups excluding tert-OH is 1. The predicted molar refractivity (Wildman–Crippen MR) is 71.3 cm³/mol. The predicted octanol–water partition coefficient (Wildman–Crippen LogP) is 1.71. The van der Waals surface area contributed by atoms with Crippen LogP contribution in [0.3, 0.4) is 0 Å². The van der Waals surface area contributed by atoms with Crippen molar-refractivity contribution >= 4 is 11.4 Å². The van der Waals surface area contributed by atoms with E-state index in [-0.39, 0.29) is 18.4 Å². The summed E-state index contributed by atoms with van der Waals surface area (Å²) in [5, 5.41) is 19.4. The molecule has 1 aromatic carbocycles. The number of anilines is 1. The molecule has 0 atom stereocenters. The zero-order valence-electron chi connectivity index (χ0n) is 11.0. The topological polar surface area (TPSA) is 75.8 Å². The van der Waals surface area contributed by atoms with E-state index >= 15 is 0 Å². The summed E-state index contributed by atoms with van der Waals surface area (Å²) >= 11 is 0.